The lowest BCUT2D eigenvalue weighted by Gasteiger charge is -2.14. The van der Waals surface area contributed by atoms with E-state index in [0.29, 0.717) is 13.2 Å². The summed E-state index contributed by atoms with van der Waals surface area (Å²) in [4.78, 5) is 50.2. The highest BCUT2D eigenvalue weighted by Crippen LogP contribution is 2.34. The number of nitrogens with one attached hydrogen (secondary N) is 1. The second-order valence-electron chi connectivity index (χ2n) is 6.74. The summed E-state index contributed by atoms with van der Waals surface area (Å²) < 4.78 is 11.1. The van der Waals surface area contributed by atoms with Gasteiger partial charge in [0, 0.05) is 20.0 Å². The summed E-state index contributed by atoms with van der Waals surface area (Å²) in [6.07, 6.45) is -0.350. The van der Waals surface area contributed by atoms with Crippen molar-refractivity contribution >= 4 is 29.4 Å². The van der Waals surface area contributed by atoms with Crippen LogP contribution in [0.5, 0.6) is 5.75 Å². The van der Waals surface area contributed by atoms with Crippen LogP contribution in [0.4, 0.5) is 5.69 Å². The molecule has 0 atom stereocenters. The Kier molecular flexibility index (Phi) is 7.68. The zero-order valence-corrected chi connectivity index (χ0v) is 16.7. The van der Waals surface area contributed by atoms with Gasteiger partial charge in [-0.15, -0.1) is 0 Å². The van der Waals surface area contributed by atoms with Gasteiger partial charge in [-0.05, 0) is 26.2 Å². The number of hydrogen-bond donors (Lipinski definition) is 2. The van der Waals surface area contributed by atoms with E-state index >= 15 is 0 Å². The fraction of sp³-hybridized carbons (Fsp3) is 0.474. The van der Waals surface area contributed by atoms with Crippen LogP contribution < -0.4 is 10.1 Å². The summed E-state index contributed by atoms with van der Waals surface area (Å²) in [5.41, 5.74) is 0.461. The molecule has 10 nitrogen and oxygen atoms in total. The third-order valence-corrected chi connectivity index (χ3v) is 4.10. The summed E-state index contributed by atoms with van der Waals surface area (Å²) in [6.45, 7) is 2.87. The van der Waals surface area contributed by atoms with Crippen LogP contribution in [-0.2, 0) is 14.3 Å². The van der Waals surface area contributed by atoms with Gasteiger partial charge in [0.2, 0.25) is 5.91 Å². The largest absolute Gasteiger partial charge is 0.489 e. The van der Waals surface area contributed by atoms with Crippen LogP contribution in [0.25, 0.3) is 0 Å². The van der Waals surface area contributed by atoms with Crippen molar-refractivity contribution in [3.8, 4) is 5.75 Å². The van der Waals surface area contributed by atoms with Gasteiger partial charge < -0.3 is 24.8 Å². The molecule has 10 heteroatoms. The van der Waals surface area contributed by atoms with E-state index in [1.54, 1.807) is 0 Å². The zero-order valence-electron chi connectivity index (χ0n) is 16.7. The van der Waals surface area contributed by atoms with Gasteiger partial charge in [0.05, 0.1) is 36.4 Å². The number of likely N-dealkylation sites (N-methyl/N-ethyl adjacent to an activating group) is 1. The Bertz CT molecular complexity index is 807. The molecular formula is C19H25N3O7. The molecule has 1 heterocycles. The number of carbonyl (C=O) groups excluding carboxylic acids is 3. The van der Waals surface area contributed by atoms with Crippen molar-refractivity contribution in [1.82, 2.24) is 9.80 Å². The Morgan fingerprint density at radius 3 is 2.34 bits per heavy atom. The van der Waals surface area contributed by atoms with E-state index in [-0.39, 0.29) is 48.0 Å². The Morgan fingerprint density at radius 1 is 1.10 bits per heavy atom. The monoisotopic (exact) mass is 407 g/mol. The van der Waals surface area contributed by atoms with Crippen molar-refractivity contribution in [1.29, 1.82) is 0 Å². The van der Waals surface area contributed by atoms with Gasteiger partial charge in [0.25, 0.3) is 11.8 Å². The van der Waals surface area contributed by atoms with Crippen molar-refractivity contribution in [2.75, 3.05) is 52.3 Å². The van der Waals surface area contributed by atoms with Crippen molar-refractivity contribution in [3.63, 3.8) is 0 Å². The molecule has 0 spiro atoms. The summed E-state index contributed by atoms with van der Waals surface area (Å²) in [7, 11) is 3.87. The third-order valence-electron chi connectivity index (χ3n) is 4.10. The molecular weight excluding hydrogens is 382 g/mol. The number of amides is 3. The Labute approximate surface area is 168 Å². The molecule has 1 aromatic rings. The van der Waals surface area contributed by atoms with Crippen molar-refractivity contribution < 1.29 is 33.8 Å². The van der Waals surface area contributed by atoms with Crippen LogP contribution >= 0.6 is 0 Å². The normalized spacial score (nSPS) is 13.0. The van der Waals surface area contributed by atoms with Crippen LogP contribution in [0, 0.1) is 0 Å². The molecule has 1 aliphatic heterocycles. The fourth-order valence-electron chi connectivity index (χ4n) is 2.69. The van der Waals surface area contributed by atoms with Gasteiger partial charge in [-0.25, -0.2) is 0 Å². The lowest BCUT2D eigenvalue weighted by atomic mass is 10.1. The molecule has 3 amide bonds. The molecule has 2 N–H and O–H groups in total. The molecule has 2 rings (SSSR count). The topological polar surface area (TPSA) is 125 Å². The number of hydrogen-bond acceptors (Lipinski definition) is 7. The van der Waals surface area contributed by atoms with Crippen molar-refractivity contribution in [2.24, 2.45) is 0 Å². The summed E-state index contributed by atoms with van der Waals surface area (Å²) in [5, 5.41) is 11.4. The number of fused-ring (bicyclic) bond motifs is 1. The molecule has 0 bridgehead atoms. The predicted octanol–water partition coefficient (Wildman–Crippen LogP) is 0.673. The minimum absolute atomic E-state index is 0.0960. The van der Waals surface area contributed by atoms with Crippen LogP contribution in [0.15, 0.2) is 12.1 Å². The first-order valence-electron chi connectivity index (χ1n) is 9.09. The SMILES string of the molecule is CC(=O)Nc1cc2c(cc1OCCOCCN(C)C)C(=O)N(CCC(=O)O)C2=O. The number of carboxylic acids is 1. The van der Waals surface area contributed by atoms with Crippen molar-refractivity contribution in [3.05, 3.63) is 23.3 Å². The zero-order chi connectivity index (χ0) is 21.6. The first-order valence-corrected chi connectivity index (χ1v) is 9.09. The molecule has 1 aromatic carbocycles. The quantitative estimate of drug-likeness (QED) is 0.405. The number of nitrogens with zero attached hydrogens (tertiary/aromatic N) is 2. The standard InChI is InChI=1S/C19H25N3O7/c1-12(23)20-15-10-13-14(19(27)22(18(13)26)5-4-17(24)25)11-16(15)29-9-8-28-7-6-21(2)3/h10-11H,4-9H2,1-3H3,(H,20,23)(H,24,25). The highest BCUT2D eigenvalue weighted by atomic mass is 16.5. The smallest absolute Gasteiger partial charge is 0.305 e. The van der Waals surface area contributed by atoms with E-state index < -0.39 is 17.8 Å². The van der Waals surface area contributed by atoms with Crippen LogP contribution in [0.3, 0.4) is 0 Å². The van der Waals surface area contributed by atoms with E-state index in [9.17, 15) is 19.2 Å². The van der Waals surface area contributed by atoms with Gasteiger partial charge >= 0.3 is 5.97 Å². The molecule has 158 valence electrons. The van der Waals surface area contributed by atoms with Crippen LogP contribution in [-0.4, -0.2) is 85.6 Å². The van der Waals surface area contributed by atoms with Gasteiger partial charge in [0.15, 0.2) is 0 Å². The first-order chi connectivity index (χ1) is 13.7. The minimum Gasteiger partial charge on any atom is -0.489 e. The average Bonchev–Trinajstić information content (AvgIpc) is 2.85. The molecule has 29 heavy (non-hydrogen) atoms. The van der Waals surface area contributed by atoms with E-state index in [1.807, 2.05) is 19.0 Å². The number of rotatable bonds is 11. The predicted molar refractivity (Wildman–Crippen MR) is 103 cm³/mol. The highest BCUT2D eigenvalue weighted by Gasteiger charge is 2.37. The Morgan fingerprint density at radius 2 is 1.76 bits per heavy atom. The molecule has 0 aromatic heterocycles. The van der Waals surface area contributed by atoms with Gasteiger partial charge in [0.1, 0.15) is 12.4 Å². The maximum Gasteiger partial charge on any atom is 0.305 e. The summed E-state index contributed by atoms with van der Waals surface area (Å²) in [5.74, 6) is -2.43. The lowest BCUT2D eigenvalue weighted by Crippen LogP contribution is -2.31. The van der Waals surface area contributed by atoms with Crippen molar-refractivity contribution in [2.45, 2.75) is 13.3 Å². The van der Waals surface area contributed by atoms with E-state index in [4.69, 9.17) is 14.6 Å². The maximum atomic E-state index is 12.5. The second kappa shape index (κ2) is 9.99. The van der Waals surface area contributed by atoms with E-state index in [2.05, 4.69) is 5.32 Å². The number of imide groups is 1. The summed E-state index contributed by atoms with van der Waals surface area (Å²) in [6, 6.07) is 2.77. The molecule has 0 saturated heterocycles. The lowest BCUT2D eigenvalue weighted by molar-refractivity contribution is -0.137. The maximum absolute atomic E-state index is 12.5. The molecule has 0 fully saturated rings. The average molecular weight is 407 g/mol. The van der Waals surface area contributed by atoms with Crippen LogP contribution in [0.2, 0.25) is 0 Å². The number of ether oxygens (including phenoxy) is 2. The number of benzene rings is 1. The minimum atomic E-state index is -1.11. The summed E-state index contributed by atoms with van der Waals surface area (Å²) >= 11 is 0. The molecule has 0 radical (unpaired) electrons. The molecule has 1 aliphatic rings. The second-order valence-corrected chi connectivity index (χ2v) is 6.74. The molecule has 0 unspecified atom stereocenters. The number of anilines is 1. The van der Waals surface area contributed by atoms with Crippen LogP contribution in [0.1, 0.15) is 34.1 Å². The fourth-order valence-corrected chi connectivity index (χ4v) is 2.69. The molecule has 0 saturated carbocycles. The van der Waals surface area contributed by atoms with Gasteiger partial charge in [-0.1, -0.05) is 0 Å². The van der Waals surface area contributed by atoms with Gasteiger partial charge in [-0.3, -0.25) is 24.1 Å². The Hall–Kier alpha value is -2.98. The van der Waals surface area contributed by atoms with E-state index in [1.165, 1.54) is 19.1 Å². The number of carboxylic acid groups (broad SMARTS) is 1. The molecule has 0 aliphatic carbocycles. The van der Waals surface area contributed by atoms with E-state index in [0.717, 1.165) is 11.4 Å². The number of aliphatic carboxylic acids is 1. The Balaban J connectivity index is 2.14. The first kappa shape index (κ1) is 22.3. The van der Waals surface area contributed by atoms with Gasteiger partial charge in [-0.2, -0.15) is 0 Å². The number of carbonyl (C=O) groups is 4. The third kappa shape index (κ3) is 6.00. The highest BCUT2D eigenvalue weighted by molar-refractivity contribution is 6.22.